The van der Waals surface area contributed by atoms with Crippen molar-refractivity contribution in [1.29, 1.82) is 0 Å². The fourth-order valence-corrected chi connectivity index (χ4v) is 4.31. The number of likely N-dealkylation sites (N-methyl/N-ethyl adjacent to an activating group) is 1. The summed E-state index contributed by atoms with van der Waals surface area (Å²) in [4.78, 5) is 19.5. The van der Waals surface area contributed by atoms with Crippen molar-refractivity contribution in [2.24, 2.45) is 7.05 Å². The number of nitrogens with one attached hydrogen (secondary N) is 1. The molecule has 0 spiro atoms. The van der Waals surface area contributed by atoms with Crippen molar-refractivity contribution in [1.82, 2.24) is 19.8 Å². The molecule has 5 heteroatoms. The van der Waals surface area contributed by atoms with Crippen LogP contribution in [0, 0.1) is 6.92 Å². The van der Waals surface area contributed by atoms with Crippen molar-refractivity contribution >= 4 is 38.5 Å². The minimum absolute atomic E-state index is 0.0435. The Morgan fingerprint density at radius 3 is 2.64 bits per heavy atom. The third-order valence-corrected chi connectivity index (χ3v) is 5.42. The molecule has 0 radical (unpaired) electrons. The maximum absolute atomic E-state index is 13.0. The first-order valence-electron chi connectivity index (χ1n) is 9.59. The Hall–Kier alpha value is -2.92. The molecule has 1 amide bonds. The van der Waals surface area contributed by atoms with Gasteiger partial charge in [-0.1, -0.05) is 18.2 Å². The summed E-state index contributed by atoms with van der Waals surface area (Å²) in [5.74, 6) is -0.126. The van der Waals surface area contributed by atoms with E-state index in [1.54, 1.807) is 6.20 Å². The number of para-hydroxylation sites is 1. The number of hydrogen-bond donors (Lipinski definition) is 1. The van der Waals surface area contributed by atoms with Crippen molar-refractivity contribution in [3.63, 3.8) is 0 Å². The zero-order valence-electron chi connectivity index (χ0n) is 17.1. The van der Waals surface area contributed by atoms with Gasteiger partial charge < -0.3 is 14.8 Å². The smallest absolute Gasteiger partial charge is 0.270 e. The normalized spacial score (nSPS) is 12.9. The van der Waals surface area contributed by atoms with E-state index in [0.29, 0.717) is 5.69 Å². The molecule has 0 aliphatic rings. The third-order valence-electron chi connectivity index (χ3n) is 5.42. The Balaban J connectivity index is 1.92. The van der Waals surface area contributed by atoms with Crippen LogP contribution in [0.25, 0.3) is 32.6 Å². The molecule has 0 aliphatic carbocycles. The first-order chi connectivity index (χ1) is 13.4. The molecular formula is C23H26N4O. The van der Waals surface area contributed by atoms with Crippen LogP contribution in [0.15, 0.2) is 42.6 Å². The second-order valence-corrected chi connectivity index (χ2v) is 7.87. The van der Waals surface area contributed by atoms with E-state index in [1.165, 1.54) is 22.0 Å². The summed E-state index contributed by atoms with van der Waals surface area (Å²) >= 11 is 0. The summed E-state index contributed by atoms with van der Waals surface area (Å²) < 4.78 is 2.23. The van der Waals surface area contributed by atoms with Crippen LogP contribution in [0.3, 0.4) is 0 Å². The molecular weight excluding hydrogens is 348 g/mol. The van der Waals surface area contributed by atoms with Gasteiger partial charge in [-0.2, -0.15) is 0 Å². The van der Waals surface area contributed by atoms with Gasteiger partial charge in [0, 0.05) is 47.5 Å². The molecule has 2 heterocycles. The van der Waals surface area contributed by atoms with Gasteiger partial charge in [-0.05, 0) is 57.1 Å². The highest BCUT2D eigenvalue weighted by atomic mass is 16.1. The van der Waals surface area contributed by atoms with E-state index < -0.39 is 0 Å². The molecule has 0 fully saturated rings. The van der Waals surface area contributed by atoms with E-state index in [4.69, 9.17) is 0 Å². The van der Waals surface area contributed by atoms with Crippen LogP contribution in [0.5, 0.6) is 0 Å². The molecule has 2 aromatic carbocycles. The van der Waals surface area contributed by atoms with Crippen LogP contribution in [0.4, 0.5) is 0 Å². The van der Waals surface area contributed by atoms with Gasteiger partial charge >= 0.3 is 0 Å². The number of amides is 1. The van der Waals surface area contributed by atoms with E-state index in [9.17, 15) is 4.79 Å². The molecule has 144 valence electrons. The highest BCUT2D eigenvalue weighted by molar-refractivity contribution is 6.17. The quantitative estimate of drug-likeness (QED) is 0.590. The largest absolute Gasteiger partial charge is 0.347 e. The number of rotatable bonds is 4. The maximum Gasteiger partial charge on any atom is 0.270 e. The maximum atomic E-state index is 13.0. The summed E-state index contributed by atoms with van der Waals surface area (Å²) in [5, 5.41) is 7.41. The number of carbonyl (C=O) groups is 1. The van der Waals surface area contributed by atoms with E-state index in [-0.39, 0.29) is 11.9 Å². The summed E-state index contributed by atoms with van der Waals surface area (Å²) in [7, 11) is 6.10. The topological polar surface area (TPSA) is 50.2 Å². The molecule has 0 bridgehead atoms. The van der Waals surface area contributed by atoms with Gasteiger partial charge in [0.1, 0.15) is 5.69 Å². The number of pyridine rings is 1. The first-order valence-corrected chi connectivity index (χ1v) is 9.59. The molecule has 1 N–H and O–H groups in total. The lowest BCUT2D eigenvalue weighted by Crippen LogP contribution is -2.39. The summed E-state index contributed by atoms with van der Waals surface area (Å²) in [6, 6.07) is 12.6. The molecule has 4 aromatic rings. The number of hydrogen-bond acceptors (Lipinski definition) is 3. The Bertz CT molecular complexity index is 1210. The van der Waals surface area contributed by atoms with Crippen LogP contribution in [0.1, 0.15) is 23.0 Å². The monoisotopic (exact) mass is 374 g/mol. The molecule has 1 unspecified atom stereocenters. The number of nitrogens with zero attached hydrogens (tertiary/aromatic N) is 3. The van der Waals surface area contributed by atoms with Gasteiger partial charge in [0.25, 0.3) is 5.91 Å². The predicted molar refractivity (Wildman–Crippen MR) is 116 cm³/mol. The molecule has 2 aromatic heterocycles. The lowest BCUT2D eigenvalue weighted by atomic mass is 10.00. The first kappa shape index (κ1) is 18.4. The number of aryl methyl sites for hydroxylation is 2. The van der Waals surface area contributed by atoms with E-state index in [1.807, 2.05) is 27.1 Å². The van der Waals surface area contributed by atoms with Gasteiger partial charge in [0.15, 0.2) is 0 Å². The zero-order valence-corrected chi connectivity index (χ0v) is 17.1. The molecule has 0 saturated heterocycles. The number of carbonyl (C=O) groups excluding carboxylic acids is 1. The van der Waals surface area contributed by atoms with Crippen LogP contribution >= 0.6 is 0 Å². The van der Waals surface area contributed by atoms with E-state index in [2.05, 4.69) is 64.1 Å². The SMILES string of the molecule is Cc1c2ccnc(C(=O)NC(C)CN(C)C)c2cc2c3ccccc3n(C)c12. The van der Waals surface area contributed by atoms with Crippen molar-refractivity contribution in [2.45, 2.75) is 19.9 Å². The minimum Gasteiger partial charge on any atom is -0.347 e. The lowest BCUT2D eigenvalue weighted by molar-refractivity contribution is 0.0931. The van der Waals surface area contributed by atoms with Crippen molar-refractivity contribution in [2.75, 3.05) is 20.6 Å². The molecule has 5 nitrogen and oxygen atoms in total. The Kier molecular flexibility index (Phi) is 4.55. The minimum atomic E-state index is -0.126. The zero-order chi connectivity index (χ0) is 20.0. The average Bonchev–Trinajstić information content (AvgIpc) is 2.94. The van der Waals surface area contributed by atoms with Crippen molar-refractivity contribution in [3.05, 3.63) is 53.9 Å². The van der Waals surface area contributed by atoms with Crippen LogP contribution < -0.4 is 5.32 Å². The molecule has 1 atom stereocenters. The van der Waals surface area contributed by atoms with Gasteiger partial charge in [0.2, 0.25) is 0 Å². The third kappa shape index (κ3) is 2.92. The highest BCUT2D eigenvalue weighted by Crippen LogP contribution is 2.35. The predicted octanol–water partition coefficient (Wildman–Crippen LogP) is 3.87. The van der Waals surface area contributed by atoms with Gasteiger partial charge in [-0.15, -0.1) is 0 Å². The molecule has 0 saturated carbocycles. The van der Waals surface area contributed by atoms with Gasteiger partial charge in [-0.3, -0.25) is 9.78 Å². The molecule has 4 rings (SSSR count). The second kappa shape index (κ2) is 6.91. The molecule has 28 heavy (non-hydrogen) atoms. The van der Waals surface area contributed by atoms with E-state index in [0.717, 1.165) is 22.7 Å². The van der Waals surface area contributed by atoms with Crippen molar-refractivity contribution in [3.8, 4) is 0 Å². The van der Waals surface area contributed by atoms with E-state index >= 15 is 0 Å². The Morgan fingerprint density at radius 1 is 1.14 bits per heavy atom. The summed E-state index contributed by atoms with van der Waals surface area (Å²) in [6.45, 7) is 4.92. The highest BCUT2D eigenvalue weighted by Gasteiger charge is 2.19. The van der Waals surface area contributed by atoms with Gasteiger partial charge in [-0.25, -0.2) is 0 Å². The standard InChI is InChI=1S/C23H26N4O/c1-14(13-26(3)4)25-23(28)21-18-12-19-17-8-6-7-9-20(17)27(5)22(19)15(2)16(18)10-11-24-21/h6-12,14H,13H2,1-5H3,(H,25,28). The number of benzene rings is 2. The fourth-order valence-electron chi connectivity index (χ4n) is 4.31. The van der Waals surface area contributed by atoms with Crippen molar-refractivity contribution < 1.29 is 4.79 Å². The number of aromatic nitrogens is 2. The second-order valence-electron chi connectivity index (χ2n) is 7.87. The summed E-state index contributed by atoms with van der Waals surface area (Å²) in [5.41, 5.74) is 4.05. The number of fused-ring (bicyclic) bond motifs is 4. The summed E-state index contributed by atoms with van der Waals surface area (Å²) in [6.07, 6.45) is 1.73. The lowest BCUT2D eigenvalue weighted by Gasteiger charge is -2.18. The Labute approximate surface area is 165 Å². The molecule has 0 aliphatic heterocycles. The average molecular weight is 374 g/mol. The Morgan fingerprint density at radius 2 is 1.89 bits per heavy atom. The van der Waals surface area contributed by atoms with Gasteiger partial charge in [0.05, 0.1) is 5.52 Å². The van der Waals surface area contributed by atoms with Crippen LogP contribution in [0.2, 0.25) is 0 Å². The van der Waals surface area contributed by atoms with Crippen LogP contribution in [-0.2, 0) is 7.05 Å². The van der Waals surface area contributed by atoms with Crippen LogP contribution in [-0.4, -0.2) is 47.0 Å². The fraction of sp³-hybridized carbons (Fsp3) is 0.304.